The number of pyridine rings is 1. The smallest absolute Gasteiger partial charge is 0.417 e. The third-order valence-corrected chi connectivity index (χ3v) is 4.98. The Morgan fingerprint density at radius 2 is 1.25 bits per heavy atom. The summed E-state index contributed by atoms with van der Waals surface area (Å²) in [4.78, 5) is 30.1. The van der Waals surface area contributed by atoms with Gasteiger partial charge in [0.05, 0.1) is 24.8 Å². The van der Waals surface area contributed by atoms with Gasteiger partial charge in [-0.25, -0.2) is 9.88 Å². The number of hydrogen-bond acceptors (Lipinski definition) is 7. The van der Waals surface area contributed by atoms with Gasteiger partial charge in [-0.15, -0.1) is 0 Å². The highest BCUT2D eigenvalue weighted by Gasteiger charge is 2.34. The lowest BCUT2D eigenvalue weighted by molar-refractivity contribution is -0.137. The van der Waals surface area contributed by atoms with Gasteiger partial charge in [-0.2, -0.15) is 13.2 Å². The summed E-state index contributed by atoms with van der Waals surface area (Å²) < 4.78 is 60.1. The molecule has 0 saturated heterocycles. The van der Waals surface area contributed by atoms with E-state index in [9.17, 15) is 22.8 Å². The van der Waals surface area contributed by atoms with Gasteiger partial charge in [-0.1, -0.05) is 11.6 Å². The van der Waals surface area contributed by atoms with Crippen LogP contribution in [-0.4, -0.2) is 44.2 Å². The number of methoxy groups -OCH3 is 2. The molecule has 12 heteroatoms. The number of halogens is 4. The zero-order chi connectivity index (χ0) is 26.3. The first kappa shape index (κ1) is 26.6. The molecule has 0 atom stereocenters. The van der Waals surface area contributed by atoms with Gasteiger partial charge < -0.3 is 18.9 Å². The molecule has 0 spiro atoms. The predicted octanol–water partition coefficient (Wildman–Crippen LogP) is 4.79. The Balaban J connectivity index is 1.82. The maximum Gasteiger partial charge on any atom is 0.417 e. The average Bonchev–Trinajstić information content (AvgIpc) is 2.87. The van der Waals surface area contributed by atoms with Gasteiger partial charge in [0, 0.05) is 6.20 Å². The summed E-state index contributed by atoms with van der Waals surface area (Å²) in [7, 11) is 2.97. The van der Waals surface area contributed by atoms with Gasteiger partial charge in [-0.3, -0.25) is 9.59 Å². The molecule has 0 aliphatic carbocycles. The molecule has 0 aliphatic rings. The van der Waals surface area contributed by atoms with Crippen LogP contribution in [-0.2, 0) is 15.8 Å². The summed E-state index contributed by atoms with van der Waals surface area (Å²) in [5.74, 6) is -0.651. The number of carbonyl (C=O) groups excluding carboxylic acids is 2. The number of hydrogen-bond donors (Lipinski definition) is 0. The quantitative estimate of drug-likeness (QED) is 0.398. The van der Waals surface area contributed by atoms with E-state index in [1.807, 2.05) is 0 Å². The first-order valence-electron chi connectivity index (χ1n) is 10.2. The van der Waals surface area contributed by atoms with Gasteiger partial charge in [0.15, 0.2) is 19.0 Å². The van der Waals surface area contributed by atoms with Gasteiger partial charge in [0.1, 0.15) is 23.0 Å². The zero-order valence-corrected chi connectivity index (χ0v) is 19.8. The maximum absolute atomic E-state index is 13.0. The van der Waals surface area contributed by atoms with E-state index in [1.54, 1.807) is 24.3 Å². The monoisotopic (exact) mass is 524 g/mol. The van der Waals surface area contributed by atoms with E-state index in [2.05, 4.69) is 4.98 Å². The second kappa shape index (κ2) is 11.6. The minimum atomic E-state index is -4.72. The average molecular weight is 525 g/mol. The van der Waals surface area contributed by atoms with Crippen molar-refractivity contribution in [3.05, 3.63) is 71.4 Å². The lowest BCUT2D eigenvalue weighted by atomic mass is 10.2. The van der Waals surface area contributed by atoms with Crippen LogP contribution in [0.1, 0.15) is 5.56 Å². The molecular weight excluding hydrogens is 505 g/mol. The number of imide groups is 1. The third kappa shape index (κ3) is 6.79. The van der Waals surface area contributed by atoms with Gasteiger partial charge in [0.2, 0.25) is 0 Å². The summed E-state index contributed by atoms with van der Waals surface area (Å²) in [5, 5.41) is -0.555. The molecule has 0 fully saturated rings. The molecule has 0 aliphatic heterocycles. The van der Waals surface area contributed by atoms with Crippen LogP contribution < -0.4 is 23.8 Å². The fourth-order valence-corrected chi connectivity index (χ4v) is 3.14. The lowest BCUT2D eigenvalue weighted by Gasteiger charge is -2.22. The Hall–Kier alpha value is -3.99. The minimum Gasteiger partial charge on any atom is -0.497 e. The predicted molar refractivity (Wildman–Crippen MR) is 124 cm³/mol. The molecule has 36 heavy (non-hydrogen) atoms. The van der Waals surface area contributed by atoms with Crippen molar-refractivity contribution in [2.24, 2.45) is 0 Å². The number of carbonyl (C=O) groups is 2. The molecular formula is C24H20ClF3N2O6. The number of nitrogens with zero attached hydrogens (tertiary/aromatic N) is 2. The van der Waals surface area contributed by atoms with Crippen LogP contribution in [0.15, 0.2) is 60.8 Å². The number of rotatable bonds is 9. The molecule has 0 radical (unpaired) electrons. The van der Waals surface area contributed by atoms with Crippen molar-refractivity contribution in [1.29, 1.82) is 0 Å². The Morgan fingerprint density at radius 1 is 0.833 bits per heavy atom. The summed E-state index contributed by atoms with van der Waals surface area (Å²) in [5.41, 5.74) is -1.14. The van der Waals surface area contributed by atoms with Gasteiger partial charge >= 0.3 is 6.18 Å². The van der Waals surface area contributed by atoms with Crippen LogP contribution >= 0.6 is 11.6 Å². The number of aromatic nitrogens is 1. The molecule has 1 aromatic heterocycles. The van der Waals surface area contributed by atoms with Crippen molar-refractivity contribution in [3.63, 3.8) is 0 Å². The first-order valence-corrected chi connectivity index (χ1v) is 10.6. The Kier molecular flexibility index (Phi) is 8.59. The largest absolute Gasteiger partial charge is 0.497 e. The highest BCUT2D eigenvalue weighted by atomic mass is 35.5. The molecule has 1 heterocycles. The number of benzene rings is 2. The van der Waals surface area contributed by atoms with E-state index in [1.165, 1.54) is 38.5 Å². The van der Waals surface area contributed by atoms with Crippen molar-refractivity contribution in [2.75, 3.05) is 32.3 Å². The van der Waals surface area contributed by atoms with Crippen molar-refractivity contribution < 1.29 is 41.7 Å². The van der Waals surface area contributed by atoms with Gasteiger partial charge in [0.25, 0.3) is 11.8 Å². The van der Waals surface area contributed by atoms with Crippen LogP contribution in [0, 0.1) is 0 Å². The number of alkyl halides is 3. The number of amides is 2. The molecule has 2 amide bonds. The van der Waals surface area contributed by atoms with Crippen molar-refractivity contribution in [2.45, 2.75) is 6.18 Å². The summed E-state index contributed by atoms with van der Waals surface area (Å²) in [6.07, 6.45) is -4.24. The number of anilines is 1. The minimum absolute atomic E-state index is 0.289. The SMILES string of the molecule is COc1ccc(OCC(=O)N(C(=O)COc2ccc(OC)cc2)c2ncc(C(F)(F)F)cc2Cl)cc1. The van der Waals surface area contributed by atoms with E-state index in [4.69, 9.17) is 30.5 Å². The molecule has 8 nitrogen and oxygen atoms in total. The van der Waals surface area contributed by atoms with Crippen molar-refractivity contribution >= 4 is 29.2 Å². The van der Waals surface area contributed by atoms with Crippen LogP contribution in [0.2, 0.25) is 5.02 Å². The standard InChI is InChI=1S/C24H20ClF3N2O6/c1-33-16-3-7-18(8-4-16)35-13-21(31)30(23-20(25)11-15(12-29-23)24(26,27)28)22(32)14-36-19-9-5-17(34-2)6-10-19/h3-12H,13-14H2,1-2H3. The topological polar surface area (TPSA) is 87.2 Å². The van der Waals surface area contributed by atoms with E-state index >= 15 is 0 Å². The highest BCUT2D eigenvalue weighted by Crippen LogP contribution is 2.34. The Morgan fingerprint density at radius 3 is 1.61 bits per heavy atom. The second-order valence-corrected chi connectivity index (χ2v) is 7.49. The van der Waals surface area contributed by atoms with Crippen molar-refractivity contribution in [1.82, 2.24) is 4.98 Å². The van der Waals surface area contributed by atoms with Crippen LogP contribution in [0.5, 0.6) is 23.0 Å². The fourth-order valence-electron chi connectivity index (χ4n) is 2.89. The molecule has 2 aromatic carbocycles. The third-order valence-electron chi connectivity index (χ3n) is 4.70. The Bertz CT molecular complexity index is 1140. The second-order valence-electron chi connectivity index (χ2n) is 7.08. The molecule has 0 N–H and O–H groups in total. The van der Waals surface area contributed by atoms with Gasteiger partial charge in [-0.05, 0) is 54.6 Å². The molecule has 190 valence electrons. The lowest BCUT2D eigenvalue weighted by Crippen LogP contribution is -2.43. The van der Waals surface area contributed by atoms with E-state index < -0.39 is 47.6 Å². The summed E-state index contributed by atoms with van der Waals surface area (Å²) >= 11 is 6.00. The number of ether oxygens (including phenoxy) is 4. The van der Waals surface area contributed by atoms with E-state index in [-0.39, 0.29) is 11.5 Å². The van der Waals surface area contributed by atoms with E-state index in [0.717, 1.165) is 0 Å². The molecule has 0 bridgehead atoms. The normalized spacial score (nSPS) is 10.9. The summed E-state index contributed by atoms with van der Waals surface area (Å²) in [6, 6.07) is 13.1. The zero-order valence-electron chi connectivity index (χ0n) is 19.0. The van der Waals surface area contributed by atoms with Crippen LogP contribution in [0.4, 0.5) is 19.0 Å². The first-order chi connectivity index (χ1) is 17.1. The maximum atomic E-state index is 13.0. The fraction of sp³-hybridized carbons (Fsp3) is 0.208. The molecule has 0 unspecified atom stereocenters. The van der Waals surface area contributed by atoms with E-state index in [0.29, 0.717) is 28.7 Å². The van der Waals surface area contributed by atoms with Crippen LogP contribution in [0.3, 0.4) is 0 Å². The summed E-state index contributed by atoms with van der Waals surface area (Å²) in [6.45, 7) is -1.28. The van der Waals surface area contributed by atoms with Crippen LogP contribution in [0.25, 0.3) is 0 Å². The molecule has 3 rings (SSSR count). The van der Waals surface area contributed by atoms with Crippen molar-refractivity contribution in [3.8, 4) is 23.0 Å². The Labute approximate surface area is 209 Å². The molecule has 3 aromatic rings. The highest BCUT2D eigenvalue weighted by molar-refractivity contribution is 6.34. The molecule has 0 saturated carbocycles.